The third-order valence-electron chi connectivity index (χ3n) is 6.30. The Hall–Kier alpha value is -1.65. The lowest BCUT2D eigenvalue weighted by molar-refractivity contribution is 0.0894. The van der Waals surface area contributed by atoms with Gasteiger partial charge >= 0.3 is 0 Å². The Kier molecular flexibility index (Phi) is 3.13. The van der Waals surface area contributed by atoms with Gasteiger partial charge in [-0.2, -0.15) is 0 Å². The summed E-state index contributed by atoms with van der Waals surface area (Å²) in [6.45, 7) is 3.60. The smallest absolute Gasteiger partial charge is 0.279 e. The number of hydrogen-bond acceptors (Lipinski definition) is 3. The fourth-order valence-electron chi connectivity index (χ4n) is 5.25. The molecule has 2 bridgehead atoms. The lowest BCUT2D eigenvalue weighted by Crippen LogP contribution is -2.44. The van der Waals surface area contributed by atoms with Crippen LogP contribution in [0.25, 0.3) is 0 Å². The molecule has 3 saturated carbocycles. The fraction of sp³-hybridized carbons (Fsp3) is 0.706. The van der Waals surface area contributed by atoms with Crippen molar-refractivity contribution in [2.24, 2.45) is 23.7 Å². The molecule has 3 aliphatic carbocycles. The fourth-order valence-corrected chi connectivity index (χ4v) is 5.25. The van der Waals surface area contributed by atoms with Gasteiger partial charge in [0.05, 0.1) is 5.69 Å². The van der Waals surface area contributed by atoms with Gasteiger partial charge in [0.15, 0.2) is 5.69 Å². The molecule has 0 unspecified atom stereocenters. The van der Waals surface area contributed by atoms with Gasteiger partial charge in [0.2, 0.25) is 0 Å². The van der Waals surface area contributed by atoms with Crippen LogP contribution in [-0.4, -0.2) is 21.9 Å². The molecule has 5 heteroatoms. The van der Waals surface area contributed by atoms with Crippen molar-refractivity contribution in [1.29, 1.82) is 0 Å². The quantitative estimate of drug-likeness (QED) is 0.876. The third kappa shape index (κ3) is 2.02. The van der Waals surface area contributed by atoms with Gasteiger partial charge in [-0.25, -0.2) is 4.98 Å². The molecule has 3 aliphatic rings. The van der Waals surface area contributed by atoms with Crippen molar-refractivity contribution in [3.05, 3.63) is 27.4 Å². The van der Waals surface area contributed by atoms with Crippen LogP contribution < -0.4 is 10.9 Å². The summed E-state index contributed by atoms with van der Waals surface area (Å²) < 4.78 is 0. The van der Waals surface area contributed by atoms with Crippen LogP contribution in [-0.2, 0) is 0 Å². The molecule has 0 spiro atoms. The number of aryl methyl sites for hydroxylation is 2. The summed E-state index contributed by atoms with van der Waals surface area (Å²) in [6, 6.07) is 0.236. The largest absolute Gasteiger partial charge is 0.347 e. The minimum atomic E-state index is -0.387. The summed E-state index contributed by atoms with van der Waals surface area (Å²) in [5.74, 6) is 2.80. The second-order valence-electron chi connectivity index (χ2n) is 7.36. The Morgan fingerprint density at radius 3 is 2.77 bits per heavy atom. The van der Waals surface area contributed by atoms with Crippen LogP contribution in [0.2, 0.25) is 0 Å². The number of rotatable bonds is 2. The number of amides is 1. The molecule has 0 aromatic carbocycles. The lowest BCUT2D eigenvalue weighted by atomic mass is 9.79. The molecule has 0 aliphatic heterocycles. The molecule has 1 aromatic heterocycles. The highest BCUT2D eigenvalue weighted by Crippen LogP contribution is 2.58. The van der Waals surface area contributed by atoms with E-state index in [-0.39, 0.29) is 23.2 Å². The third-order valence-corrected chi connectivity index (χ3v) is 6.30. The molecule has 1 heterocycles. The zero-order valence-corrected chi connectivity index (χ0v) is 13.2. The van der Waals surface area contributed by atoms with Gasteiger partial charge < -0.3 is 10.3 Å². The minimum absolute atomic E-state index is 0.00819. The van der Waals surface area contributed by atoms with E-state index in [0.29, 0.717) is 11.6 Å². The second-order valence-corrected chi connectivity index (χ2v) is 7.36. The number of fused-ring (bicyclic) bond motifs is 5. The summed E-state index contributed by atoms with van der Waals surface area (Å²) in [4.78, 5) is 31.3. The maximum atomic E-state index is 12.5. The van der Waals surface area contributed by atoms with Gasteiger partial charge in [-0.3, -0.25) is 9.59 Å². The van der Waals surface area contributed by atoms with E-state index in [1.54, 1.807) is 6.92 Å². The molecule has 0 radical (unpaired) electrons. The van der Waals surface area contributed by atoms with Crippen LogP contribution in [0, 0.1) is 37.5 Å². The number of H-pyrrole nitrogens is 1. The van der Waals surface area contributed by atoms with Crippen molar-refractivity contribution >= 4 is 5.91 Å². The number of nitrogens with zero attached hydrogens (tertiary/aromatic N) is 1. The van der Waals surface area contributed by atoms with Crippen molar-refractivity contribution in [1.82, 2.24) is 15.3 Å². The highest BCUT2D eigenvalue weighted by atomic mass is 16.2. The van der Waals surface area contributed by atoms with Crippen molar-refractivity contribution in [3.63, 3.8) is 0 Å². The average molecular weight is 301 g/mol. The summed E-state index contributed by atoms with van der Waals surface area (Å²) in [7, 11) is 0. The van der Waals surface area contributed by atoms with Gasteiger partial charge in [0.25, 0.3) is 11.5 Å². The maximum Gasteiger partial charge on any atom is 0.279 e. The monoisotopic (exact) mass is 301 g/mol. The molecular weight excluding hydrogens is 278 g/mol. The van der Waals surface area contributed by atoms with Gasteiger partial charge in [-0.05, 0) is 63.2 Å². The molecule has 22 heavy (non-hydrogen) atoms. The predicted octanol–water partition coefficient (Wildman–Crippen LogP) is 1.94. The summed E-state index contributed by atoms with van der Waals surface area (Å²) in [5.41, 5.74) is 1.04. The highest BCUT2D eigenvalue weighted by molar-refractivity contribution is 5.92. The van der Waals surface area contributed by atoms with Crippen LogP contribution in [0.5, 0.6) is 0 Å². The number of aromatic nitrogens is 2. The first-order valence-corrected chi connectivity index (χ1v) is 8.43. The molecule has 1 aromatic rings. The Bertz CT molecular complexity index is 681. The van der Waals surface area contributed by atoms with E-state index >= 15 is 0 Å². The number of hydrogen-bond donors (Lipinski definition) is 2. The van der Waals surface area contributed by atoms with Gasteiger partial charge in [-0.15, -0.1) is 0 Å². The average Bonchev–Trinajstić information content (AvgIpc) is 3.14. The Morgan fingerprint density at radius 2 is 1.95 bits per heavy atom. The van der Waals surface area contributed by atoms with E-state index in [4.69, 9.17) is 0 Å². The molecule has 5 nitrogen and oxygen atoms in total. The Morgan fingerprint density at radius 1 is 1.18 bits per heavy atom. The molecule has 3 fully saturated rings. The normalized spacial score (nSPS) is 35.6. The van der Waals surface area contributed by atoms with E-state index in [0.717, 1.165) is 29.9 Å². The van der Waals surface area contributed by atoms with Gasteiger partial charge in [0, 0.05) is 11.7 Å². The molecule has 0 saturated heterocycles. The first-order chi connectivity index (χ1) is 10.5. The van der Waals surface area contributed by atoms with Crippen molar-refractivity contribution in [3.8, 4) is 0 Å². The minimum Gasteiger partial charge on any atom is -0.347 e. The molecule has 4 rings (SSSR count). The van der Waals surface area contributed by atoms with Crippen molar-refractivity contribution < 1.29 is 4.79 Å². The summed E-state index contributed by atoms with van der Waals surface area (Å²) >= 11 is 0. The van der Waals surface area contributed by atoms with Crippen LogP contribution in [0.15, 0.2) is 4.79 Å². The van der Waals surface area contributed by atoms with Crippen molar-refractivity contribution in [2.75, 3.05) is 0 Å². The van der Waals surface area contributed by atoms with E-state index in [9.17, 15) is 9.59 Å². The molecule has 2 N–H and O–H groups in total. The highest BCUT2D eigenvalue weighted by Gasteiger charge is 2.54. The number of nitrogens with one attached hydrogen (secondary N) is 2. The Balaban J connectivity index is 1.52. The lowest BCUT2D eigenvalue weighted by Gasteiger charge is -2.31. The summed E-state index contributed by atoms with van der Waals surface area (Å²) in [6.07, 6.45) is 6.39. The predicted molar refractivity (Wildman–Crippen MR) is 82.6 cm³/mol. The Labute approximate surface area is 129 Å². The van der Waals surface area contributed by atoms with Gasteiger partial charge in [-0.1, -0.05) is 6.42 Å². The van der Waals surface area contributed by atoms with Crippen LogP contribution >= 0.6 is 0 Å². The van der Waals surface area contributed by atoms with Crippen LogP contribution in [0.4, 0.5) is 0 Å². The zero-order valence-electron chi connectivity index (χ0n) is 13.2. The molecular formula is C17H23N3O2. The zero-order chi connectivity index (χ0) is 15.4. The van der Waals surface area contributed by atoms with E-state index in [1.807, 2.05) is 6.92 Å². The van der Waals surface area contributed by atoms with Crippen LogP contribution in [0.1, 0.15) is 54.0 Å². The number of aromatic amines is 1. The first-order valence-electron chi connectivity index (χ1n) is 8.43. The topological polar surface area (TPSA) is 74.8 Å². The van der Waals surface area contributed by atoms with Gasteiger partial charge in [0.1, 0.15) is 0 Å². The number of carbonyl (C=O) groups excluding carboxylic acids is 1. The first kappa shape index (κ1) is 14.0. The van der Waals surface area contributed by atoms with E-state index < -0.39 is 0 Å². The molecule has 5 atom stereocenters. The van der Waals surface area contributed by atoms with Crippen molar-refractivity contribution in [2.45, 2.75) is 52.0 Å². The SMILES string of the molecule is Cc1nc(C(=O)N[C@@H]2C[C@H]3C[C@H]2[C@H]2CCC[C@@H]32)c(=O)[nH]c1C. The number of carbonyl (C=O) groups is 1. The molecule has 118 valence electrons. The maximum absolute atomic E-state index is 12.5. The summed E-state index contributed by atoms with van der Waals surface area (Å²) in [5, 5.41) is 3.11. The standard InChI is InChI=1S/C17H23N3O2/c1-8-9(2)19-16(21)15(18-8)17(22)20-14-7-10-6-13(14)12-5-3-4-11(10)12/h10-14H,3-7H2,1-2H3,(H,19,21)(H,20,22)/t10-,11+,12+,13+,14-/m1/s1. The van der Waals surface area contributed by atoms with Crippen LogP contribution in [0.3, 0.4) is 0 Å². The van der Waals surface area contributed by atoms with E-state index in [2.05, 4.69) is 15.3 Å². The molecule has 1 amide bonds. The second kappa shape index (κ2) is 4.93. The van der Waals surface area contributed by atoms with E-state index in [1.165, 1.54) is 25.7 Å².